The van der Waals surface area contributed by atoms with Crippen molar-refractivity contribution in [2.45, 2.75) is 58.5 Å². The summed E-state index contributed by atoms with van der Waals surface area (Å²) in [6, 6.07) is 0. The summed E-state index contributed by atoms with van der Waals surface area (Å²) >= 11 is 0. The van der Waals surface area contributed by atoms with E-state index in [9.17, 15) is 9.90 Å². The summed E-state index contributed by atoms with van der Waals surface area (Å²) in [7, 11) is 0. The number of β-amino-alcohol motifs (C(OH)–C–C–N with tert-alkyl or cyclic N) is 1. The number of aliphatic imine (C=N–C) groups is 1. The zero-order valence-electron chi connectivity index (χ0n) is 18.0. The third kappa shape index (κ3) is 12.2. The van der Waals surface area contributed by atoms with Crippen LogP contribution in [0.3, 0.4) is 0 Å². The van der Waals surface area contributed by atoms with E-state index in [1.807, 2.05) is 20.8 Å². The fourth-order valence-electron chi connectivity index (χ4n) is 3.07. The van der Waals surface area contributed by atoms with Crippen LogP contribution in [0.2, 0.25) is 0 Å². The Labute approximate surface area is 170 Å². The molecule has 0 radical (unpaired) electrons. The fourth-order valence-corrected chi connectivity index (χ4v) is 3.07. The first-order valence-corrected chi connectivity index (χ1v) is 10.7. The molecule has 1 aliphatic heterocycles. The smallest absolute Gasteiger partial charge is 0.305 e. The molecule has 0 spiro atoms. The molecule has 1 fully saturated rings. The van der Waals surface area contributed by atoms with E-state index in [1.165, 1.54) is 0 Å². The van der Waals surface area contributed by atoms with Crippen molar-refractivity contribution >= 4 is 11.9 Å². The van der Waals surface area contributed by atoms with Gasteiger partial charge in [0.1, 0.15) is 0 Å². The molecule has 1 atom stereocenters. The van der Waals surface area contributed by atoms with Gasteiger partial charge in [-0.05, 0) is 33.6 Å². The van der Waals surface area contributed by atoms with Crippen LogP contribution in [0.15, 0.2) is 4.99 Å². The maximum atomic E-state index is 11.3. The number of guanidine groups is 1. The third-order valence-electron chi connectivity index (χ3n) is 4.50. The van der Waals surface area contributed by atoms with Gasteiger partial charge in [-0.3, -0.25) is 14.7 Å². The molecule has 1 rings (SSSR count). The van der Waals surface area contributed by atoms with Crippen molar-refractivity contribution in [2.75, 3.05) is 59.1 Å². The Morgan fingerprint density at radius 1 is 1.18 bits per heavy atom. The van der Waals surface area contributed by atoms with Gasteiger partial charge in [-0.2, -0.15) is 0 Å². The van der Waals surface area contributed by atoms with Gasteiger partial charge in [-0.15, -0.1) is 0 Å². The molecule has 1 aliphatic rings. The Kier molecular flexibility index (Phi) is 12.9. The van der Waals surface area contributed by atoms with Crippen LogP contribution in [0.1, 0.15) is 52.9 Å². The van der Waals surface area contributed by atoms with Gasteiger partial charge in [0.05, 0.1) is 32.0 Å². The Hall–Kier alpha value is -1.38. The highest BCUT2D eigenvalue weighted by Gasteiger charge is 2.25. The molecule has 0 amide bonds. The van der Waals surface area contributed by atoms with Crippen LogP contribution in [0.4, 0.5) is 0 Å². The maximum absolute atomic E-state index is 11.3. The van der Waals surface area contributed by atoms with E-state index in [2.05, 4.69) is 20.5 Å². The van der Waals surface area contributed by atoms with Gasteiger partial charge in [0, 0.05) is 39.1 Å². The van der Waals surface area contributed by atoms with Crippen molar-refractivity contribution in [1.29, 1.82) is 0 Å². The van der Waals surface area contributed by atoms with Crippen LogP contribution >= 0.6 is 0 Å². The summed E-state index contributed by atoms with van der Waals surface area (Å²) < 4.78 is 10.3. The van der Waals surface area contributed by atoms with Crippen LogP contribution in [-0.4, -0.2) is 86.6 Å². The molecule has 1 saturated heterocycles. The normalized spacial score (nSPS) is 17.8. The highest BCUT2D eigenvalue weighted by molar-refractivity contribution is 5.79. The Morgan fingerprint density at radius 3 is 2.57 bits per heavy atom. The number of unbranched alkanes of at least 4 members (excludes halogenated alkanes) is 3. The molecule has 0 aromatic heterocycles. The molecular formula is C20H40N4O4. The molecule has 0 aliphatic carbocycles. The monoisotopic (exact) mass is 400 g/mol. The molecule has 0 aromatic carbocycles. The Bertz CT molecular complexity index is 451. The number of hydrogen-bond donors (Lipinski definition) is 3. The van der Waals surface area contributed by atoms with Crippen LogP contribution in [0.5, 0.6) is 0 Å². The van der Waals surface area contributed by atoms with Crippen LogP contribution in [0.25, 0.3) is 0 Å². The van der Waals surface area contributed by atoms with E-state index < -0.39 is 5.60 Å². The predicted octanol–water partition coefficient (Wildman–Crippen LogP) is 1.14. The molecule has 3 N–H and O–H groups in total. The zero-order valence-corrected chi connectivity index (χ0v) is 18.0. The second-order valence-electron chi connectivity index (χ2n) is 7.48. The molecule has 0 bridgehead atoms. The van der Waals surface area contributed by atoms with Crippen molar-refractivity contribution in [2.24, 2.45) is 4.99 Å². The number of carbonyl (C=O) groups excluding carboxylic acids is 1. The fraction of sp³-hybridized carbons (Fsp3) is 0.900. The number of nitrogens with zero attached hydrogens (tertiary/aromatic N) is 2. The van der Waals surface area contributed by atoms with Crippen molar-refractivity contribution < 1.29 is 19.4 Å². The minimum absolute atomic E-state index is 0.105. The molecule has 0 saturated carbocycles. The molecular weight excluding hydrogens is 360 g/mol. The number of hydrogen-bond acceptors (Lipinski definition) is 6. The summed E-state index contributed by atoms with van der Waals surface area (Å²) in [5.41, 5.74) is -0.868. The highest BCUT2D eigenvalue weighted by Crippen LogP contribution is 2.09. The number of carbonyl (C=O) groups is 1. The van der Waals surface area contributed by atoms with E-state index >= 15 is 0 Å². The molecule has 1 heterocycles. The predicted molar refractivity (Wildman–Crippen MR) is 112 cm³/mol. The van der Waals surface area contributed by atoms with Gasteiger partial charge in [0.15, 0.2) is 5.96 Å². The summed E-state index contributed by atoms with van der Waals surface area (Å²) in [4.78, 5) is 18.1. The van der Waals surface area contributed by atoms with E-state index in [4.69, 9.17) is 9.47 Å². The third-order valence-corrected chi connectivity index (χ3v) is 4.50. The molecule has 28 heavy (non-hydrogen) atoms. The highest BCUT2D eigenvalue weighted by atomic mass is 16.5. The lowest BCUT2D eigenvalue weighted by Crippen LogP contribution is -2.48. The van der Waals surface area contributed by atoms with E-state index in [-0.39, 0.29) is 5.97 Å². The van der Waals surface area contributed by atoms with Gasteiger partial charge < -0.3 is 25.2 Å². The average Bonchev–Trinajstić information content (AvgIpc) is 2.66. The van der Waals surface area contributed by atoms with Crippen LogP contribution < -0.4 is 10.6 Å². The standard InChI is InChI=1S/C20H40N4O4/c1-4-21-19(22-11-9-7-6-8-10-18(25)28-5-2)23-16-20(3,26)17-24-12-14-27-15-13-24/h26H,4-17H2,1-3H3,(H2,21,22,23). The summed E-state index contributed by atoms with van der Waals surface area (Å²) in [6.07, 6.45) is 4.46. The van der Waals surface area contributed by atoms with E-state index in [1.54, 1.807) is 0 Å². The first-order valence-electron chi connectivity index (χ1n) is 10.7. The van der Waals surface area contributed by atoms with Crippen molar-refractivity contribution in [3.05, 3.63) is 0 Å². The van der Waals surface area contributed by atoms with Crippen molar-refractivity contribution in [1.82, 2.24) is 15.5 Å². The lowest BCUT2D eigenvalue weighted by atomic mass is 10.1. The summed E-state index contributed by atoms with van der Waals surface area (Å²) in [5, 5.41) is 17.2. The molecule has 8 nitrogen and oxygen atoms in total. The van der Waals surface area contributed by atoms with Gasteiger partial charge in [-0.1, -0.05) is 12.8 Å². The first kappa shape index (κ1) is 24.7. The Morgan fingerprint density at radius 2 is 1.89 bits per heavy atom. The maximum Gasteiger partial charge on any atom is 0.305 e. The minimum atomic E-state index is -0.868. The second kappa shape index (κ2) is 14.6. The summed E-state index contributed by atoms with van der Waals surface area (Å²) in [5.74, 6) is 0.627. The van der Waals surface area contributed by atoms with E-state index in [0.717, 1.165) is 71.0 Å². The van der Waals surface area contributed by atoms with Crippen LogP contribution in [-0.2, 0) is 14.3 Å². The van der Waals surface area contributed by atoms with Gasteiger partial charge in [0.2, 0.25) is 0 Å². The van der Waals surface area contributed by atoms with Gasteiger partial charge >= 0.3 is 5.97 Å². The molecule has 1 unspecified atom stereocenters. The van der Waals surface area contributed by atoms with Gasteiger partial charge in [0.25, 0.3) is 0 Å². The summed E-state index contributed by atoms with van der Waals surface area (Å²) in [6.45, 7) is 11.8. The lowest BCUT2D eigenvalue weighted by molar-refractivity contribution is -0.143. The minimum Gasteiger partial charge on any atom is -0.466 e. The average molecular weight is 401 g/mol. The van der Waals surface area contributed by atoms with Crippen molar-refractivity contribution in [3.8, 4) is 0 Å². The number of esters is 1. The molecule has 164 valence electrons. The number of aliphatic hydroxyl groups is 1. The number of ether oxygens (including phenoxy) is 2. The van der Waals surface area contributed by atoms with Crippen LogP contribution in [0, 0.1) is 0 Å². The van der Waals surface area contributed by atoms with Gasteiger partial charge in [-0.25, -0.2) is 0 Å². The molecule has 0 aromatic rings. The van der Waals surface area contributed by atoms with Crippen molar-refractivity contribution in [3.63, 3.8) is 0 Å². The number of morpholine rings is 1. The Balaban J connectivity index is 2.24. The number of rotatable bonds is 13. The largest absolute Gasteiger partial charge is 0.466 e. The first-order chi connectivity index (χ1) is 13.5. The quantitative estimate of drug-likeness (QED) is 0.185. The van der Waals surface area contributed by atoms with E-state index in [0.29, 0.717) is 26.1 Å². The molecule has 8 heteroatoms. The lowest BCUT2D eigenvalue weighted by Gasteiger charge is -2.33. The second-order valence-corrected chi connectivity index (χ2v) is 7.48. The topological polar surface area (TPSA) is 95.4 Å². The SMILES string of the molecule is CCNC(=NCC(C)(O)CN1CCOCC1)NCCCCCCC(=O)OCC. The zero-order chi connectivity index (χ0) is 20.7. The number of nitrogens with one attached hydrogen (secondary N) is 2.